The topological polar surface area (TPSA) is 62.5 Å². The molecule has 1 aliphatic rings. The molecule has 0 radical (unpaired) electrons. The van der Waals surface area contributed by atoms with Crippen LogP contribution in [0.5, 0.6) is 0 Å². The number of nitrogens with zero attached hydrogens (tertiary/aromatic N) is 4. The Kier molecular flexibility index (Phi) is 4.56. The van der Waals surface area contributed by atoms with Crippen molar-refractivity contribution in [1.29, 1.82) is 0 Å². The number of amides is 2. The van der Waals surface area contributed by atoms with E-state index in [-0.39, 0.29) is 18.1 Å². The predicted molar refractivity (Wildman–Crippen MR) is 99.8 cm³/mol. The fraction of sp³-hybridized carbons (Fsp3) is 0.350. The lowest BCUT2D eigenvalue weighted by atomic mass is 10.0. The van der Waals surface area contributed by atoms with Gasteiger partial charge in [-0.25, -0.2) is 4.79 Å². The van der Waals surface area contributed by atoms with E-state index in [0.717, 1.165) is 37.3 Å². The van der Waals surface area contributed by atoms with E-state index in [1.165, 1.54) is 5.56 Å². The van der Waals surface area contributed by atoms with Gasteiger partial charge in [-0.1, -0.05) is 36.4 Å². The summed E-state index contributed by atoms with van der Waals surface area (Å²) in [5.41, 5.74) is 2.06. The maximum Gasteiger partial charge on any atom is 0.318 e. The predicted octanol–water partition coefficient (Wildman–Crippen LogP) is 3.21. The van der Waals surface area contributed by atoms with Gasteiger partial charge in [0.15, 0.2) is 11.5 Å². The van der Waals surface area contributed by atoms with Crippen LogP contribution in [0.1, 0.15) is 37.2 Å². The molecule has 134 valence electrons. The second kappa shape index (κ2) is 7.15. The Bertz CT molecular complexity index is 891. The van der Waals surface area contributed by atoms with E-state index >= 15 is 0 Å². The molecule has 0 bridgehead atoms. The molecule has 0 unspecified atom stereocenters. The highest BCUT2D eigenvalue weighted by Crippen LogP contribution is 2.22. The van der Waals surface area contributed by atoms with Crippen molar-refractivity contribution in [1.82, 2.24) is 24.8 Å². The fourth-order valence-corrected chi connectivity index (χ4v) is 3.69. The van der Waals surface area contributed by atoms with Crippen molar-refractivity contribution < 1.29 is 4.79 Å². The normalized spacial score (nSPS) is 18.2. The Balaban J connectivity index is 1.45. The maximum atomic E-state index is 12.8. The highest BCUT2D eigenvalue weighted by molar-refractivity contribution is 5.75. The zero-order valence-corrected chi connectivity index (χ0v) is 14.9. The van der Waals surface area contributed by atoms with Gasteiger partial charge in [0.2, 0.25) is 0 Å². The molecular weight excluding hydrogens is 326 g/mol. The van der Waals surface area contributed by atoms with Crippen molar-refractivity contribution in [2.24, 2.45) is 0 Å². The minimum Gasteiger partial charge on any atom is -0.328 e. The maximum absolute atomic E-state index is 12.8. The van der Waals surface area contributed by atoms with Crippen molar-refractivity contribution >= 4 is 11.7 Å². The van der Waals surface area contributed by atoms with E-state index in [1.807, 2.05) is 58.8 Å². The molecule has 0 saturated carbocycles. The van der Waals surface area contributed by atoms with Crippen molar-refractivity contribution in [2.45, 2.75) is 38.3 Å². The molecular formula is C20H23N5O. The molecule has 3 aromatic rings. The third-order valence-electron chi connectivity index (χ3n) is 5.02. The molecule has 1 fully saturated rings. The largest absolute Gasteiger partial charge is 0.328 e. The van der Waals surface area contributed by atoms with Crippen molar-refractivity contribution in [3.63, 3.8) is 0 Å². The summed E-state index contributed by atoms with van der Waals surface area (Å²) in [4.78, 5) is 14.8. The van der Waals surface area contributed by atoms with Crippen LogP contribution in [-0.4, -0.2) is 38.1 Å². The summed E-state index contributed by atoms with van der Waals surface area (Å²) in [5, 5.41) is 11.5. The smallest absolute Gasteiger partial charge is 0.318 e. The van der Waals surface area contributed by atoms with Gasteiger partial charge in [-0.15, -0.1) is 10.2 Å². The second-order valence-electron chi connectivity index (χ2n) is 6.84. The number of rotatable bonds is 4. The molecule has 1 N–H and O–H groups in total. The minimum absolute atomic E-state index is 0.0244. The van der Waals surface area contributed by atoms with Crippen LogP contribution < -0.4 is 5.32 Å². The average molecular weight is 349 g/mol. The molecule has 6 nitrogen and oxygen atoms in total. The van der Waals surface area contributed by atoms with Crippen LogP contribution in [0.15, 0.2) is 54.7 Å². The standard InChI is InChI=1S/C20H23N5O/c1-15(19-23-22-18-11-5-6-12-25(18)19)21-20(26)24-13-7-10-17(24)14-16-8-3-2-4-9-16/h2-6,8-9,11-12,15,17H,7,10,13-14H2,1H3,(H,21,26)/t15-,17+/m0/s1. The second-order valence-corrected chi connectivity index (χ2v) is 6.84. The van der Waals surface area contributed by atoms with E-state index in [1.54, 1.807) is 0 Å². The first-order chi connectivity index (χ1) is 12.7. The van der Waals surface area contributed by atoms with Crippen LogP contribution in [0.4, 0.5) is 4.79 Å². The van der Waals surface area contributed by atoms with E-state index in [0.29, 0.717) is 0 Å². The zero-order chi connectivity index (χ0) is 17.9. The lowest BCUT2D eigenvalue weighted by Crippen LogP contribution is -2.44. The number of carbonyl (C=O) groups excluding carboxylic acids is 1. The van der Waals surface area contributed by atoms with Crippen LogP contribution in [0.3, 0.4) is 0 Å². The molecule has 26 heavy (non-hydrogen) atoms. The summed E-state index contributed by atoms with van der Waals surface area (Å²) in [6.45, 7) is 2.75. The van der Waals surface area contributed by atoms with E-state index in [2.05, 4.69) is 27.6 Å². The van der Waals surface area contributed by atoms with Crippen LogP contribution in [0.25, 0.3) is 5.65 Å². The summed E-state index contributed by atoms with van der Waals surface area (Å²) in [6, 6.07) is 16.1. The SMILES string of the molecule is C[C@H](NC(=O)N1CCC[C@@H]1Cc1ccccc1)c1nnc2ccccn12. The van der Waals surface area contributed by atoms with E-state index in [4.69, 9.17) is 0 Å². The lowest BCUT2D eigenvalue weighted by molar-refractivity contribution is 0.188. The number of urea groups is 1. The number of hydrogen-bond acceptors (Lipinski definition) is 3. The highest BCUT2D eigenvalue weighted by Gasteiger charge is 2.30. The number of benzene rings is 1. The number of likely N-dealkylation sites (tertiary alicyclic amines) is 1. The number of carbonyl (C=O) groups is 1. The number of pyridine rings is 1. The quantitative estimate of drug-likeness (QED) is 0.787. The molecule has 4 rings (SSSR count). The third-order valence-corrected chi connectivity index (χ3v) is 5.02. The van der Waals surface area contributed by atoms with Gasteiger partial charge in [0.05, 0.1) is 6.04 Å². The number of hydrogen-bond donors (Lipinski definition) is 1. The van der Waals surface area contributed by atoms with Gasteiger partial charge in [-0.2, -0.15) is 0 Å². The molecule has 0 aliphatic carbocycles. The van der Waals surface area contributed by atoms with Crippen LogP contribution in [0.2, 0.25) is 0 Å². The highest BCUT2D eigenvalue weighted by atomic mass is 16.2. The van der Waals surface area contributed by atoms with Gasteiger partial charge in [0.1, 0.15) is 0 Å². The lowest BCUT2D eigenvalue weighted by Gasteiger charge is -2.26. The number of aromatic nitrogens is 3. The molecule has 1 aliphatic heterocycles. The first-order valence-corrected chi connectivity index (χ1v) is 9.13. The monoisotopic (exact) mass is 349 g/mol. The molecule has 1 aromatic carbocycles. The summed E-state index contributed by atoms with van der Waals surface area (Å²) in [6.07, 6.45) is 4.91. The zero-order valence-electron chi connectivity index (χ0n) is 14.9. The first kappa shape index (κ1) is 16.6. The van der Waals surface area contributed by atoms with Gasteiger partial charge < -0.3 is 10.2 Å². The van der Waals surface area contributed by atoms with Crippen molar-refractivity contribution in [3.05, 3.63) is 66.1 Å². The molecule has 2 amide bonds. The third kappa shape index (κ3) is 3.27. The molecule has 3 heterocycles. The fourth-order valence-electron chi connectivity index (χ4n) is 3.69. The Hall–Kier alpha value is -2.89. The molecule has 2 aromatic heterocycles. The number of fused-ring (bicyclic) bond motifs is 1. The van der Waals surface area contributed by atoms with Gasteiger partial charge in [0.25, 0.3) is 0 Å². The van der Waals surface area contributed by atoms with Crippen LogP contribution in [0, 0.1) is 0 Å². The van der Waals surface area contributed by atoms with E-state index in [9.17, 15) is 4.79 Å². The Morgan fingerprint density at radius 2 is 2.00 bits per heavy atom. The first-order valence-electron chi connectivity index (χ1n) is 9.13. The van der Waals surface area contributed by atoms with Gasteiger partial charge in [-0.05, 0) is 43.9 Å². The Morgan fingerprint density at radius 1 is 1.19 bits per heavy atom. The van der Waals surface area contributed by atoms with Crippen LogP contribution >= 0.6 is 0 Å². The number of nitrogens with one attached hydrogen (secondary N) is 1. The summed E-state index contributed by atoms with van der Waals surface area (Å²) in [5.74, 6) is 0.743. The van der Waals surface area contributed by atoms with Gasteiger partial charge in [-0.3, -0.25) is 4.40 Å². The minimum atomic E-state index is -0.210. The summed E-state index contributed by atoms with van der Waals surface area (Å²) < 4.78 is 1.91. The molecule has 6 heteroatoms. The van der Waals surface area contributed by atoms with Crippen molar-refractivity contribution in [3.8, 4) is 0 Å². The average Bonchev–Trinajstić information content (AvgIpc) is 3.29. The van der Waals surface area contributed by atoms with Crippen LogP contribution in [-0.2, 0) is 6.42 Å². The van der Waals surface area contributed by atoms with Gasteiger partial charge in [0, 0.05) is 18.8 Å². The molecule has 1 saturated heterocycles. The Labute approximate surface area is 152 Å². The molecule has 0 spiro atoms. The van der Waals surface area contributed by atoms with Crippen molar-refractivity contribution in [2.75, 3.05) is 6.54 Å². The summed E-state index contributed by atoms with van der Waals surface area (Å²) >= 11 is 0. The van der Waals surface area contributed by atoms with E-state index < -0.39 is 0 Å². The Morgan fingerprint density at radius 3 is 2.85 bits per heavy atom. The van der Waals surface area contributed by atoms with Gasteiger partial charge >= 0.3 is 6.03 Å². The molecule has 2 atom stereocenters. The summed E-state index contributed by atoms with van der Waals surface area (Å²) in [7, 11) is 0.